The number of Topliss-reactive ketones (excluding diaryl/α,β-unsaturated/α-hetero) is 1. The number of nitrogens with one attached hydrogen (secondary N) is 1. The van der Waals surface area contributed by atoms with Crippen molar-refractivity contribution in [3.05, 3.63) is 0 Å². The molecule has 2 heteroatoms. The second kappa shape index (κ2) is 10.9. The van der Waals surface area contributed by atoms with E-state index in [1.54, 1.807) is 0 Å². The Balaban J connectivity index is 3.55. The van der Waals surface area contributed by atoms with Crippen molar-refractivity contribution in [1.82, 2.24) is 5.32 Å². The zero-order chi connectivity index (χ0) is 13.8. The fraction of sp³-hybridized carbons (Fsp3) is 0.688. The number of hydrogen-bond acceptors (Lipinski definition) is 2. The van der Waals surface area contributed by atoms with Crippen LogP contribution in [0.15, 0.2) is 0 Å². The summed E-state index contributed by atoms with van der Waals surface area (Å²) >= 11 is 0. The summed E-state index contributed by atoms with van der Waals surface area (Å²) in [5, 5.41) is 3.29. The van der Waals surface area contributed by atoms with Crippen molar-refractivity contribution >= 4 is 5.78 Å². The van der Waals surface area contributed by atoms with Crippen LogP contribution in [0.1, 0.15) is 53.4 Å². The van der Waals surface area contributed by atoms with Gasteiger partial charge in [-0.1, -0.05) is 39.5 Å². The minimum Gasteiger partial charge on any atom is -0.314 e. The summed E-state index contributed by atoms with van der Waals surface area (Å²) in [4.78, 5) is 11.3. The van der Waals surface area contributed by atoms with E-state index in [0.717, 1.165) is 25.8 Å². The molecule has 0 heterocycles. The van der Waals surface area contributed by atoms with E-state index in [1.807, 2.05) is 13.8 Å². The van der Waals surface area contributed by atoms with Gasteiger partial charge in [-0.05, 0) is 18.3 Å². The Labute approximate surface area is 112 Å². The molecule has 0 amide bonds. The van der Waals surface area contributed by atoms with E-state index in [9.17, 15) is 4.79 Å². The summed E-state index contributed by atoms with van der Waals surface area (Å²) in [6, 6.07) is 0.511. The SMILES string of the molecule is CC(C)NCCC#CC#CCCCC(=O)C(C)C. The smallest absolute Gasteiger partial charge is 0.135 e. The third kappa shape index (κ3) is 11.2. The highest BCUT2D eigenvalue weighted by Gasteiger charge is 2.04. The van der Waals surface area contributed by atoms with Gasteiger partial charge in [-0.2, -0.15) is 0 Å². The van der Waals surface area contributed by atoms with E-state index in [1.165, 1.54) is 0 Å². The van der Waals surface area contributed by atoms with Crippen LogP contribution in [-0.2, 0) is 4.79 Å². The number of ketones is 1. The van der Waals surface area contributed by atoms with Crippen LogP contribution in [0.3, 0.4) is 0 Å². The Hall–Kier alpha value is -1.25. The zero-order valence-electron chi connectivity index (χ0n) is 12.1. The molecule has 0 aliphatic rings. The monoisotopic (exact) mass is 247 g/mol. The molecule has 0 unspecified atom stereocenters. The standard InChI is InChI=1S/C16H25NO/c1-14(2)16(18)12-10-8-6-5-7-9-11-13-17-15(3)4/h14-15,17H,8,10-13H2,1-4H3. The fourth-order valence-corrected chi connectivity index (χ4v) is 1.28. The normalized spacial score (nSPS) is 9.67. The summed E-state index contributed by atoms with van der Waals surface area (Å²) in [5.41, 5.74) is 0. The molecule has 18 heavy (non-hydrogen) atoms. The highest BCUT2D eigenvalue weighted by Crippen LogP contribution is 2.03. The number of rotatable bonds is 7. The lowest BCUT2D eigenvalue weighted by Gasteiger charge is -2.03. The lowest BCUT2D eigenvalue weighted by atomic mass is 10.0. The maximum Gasteiger partial charge on any atom is 0.135 e. The second-order valence-electron chi connectivity index (χ2n) is 4.94. The minimum absolute atomic E-state index is 0.145. The molecular formula is C16H25NO. The van der Waals surface area contributed by atoms with Gasteiger partial charge in [0.2, 0.25) is 0 Å². The van der Waals surface area contributed by atoms with Crippen molar-refractivity contribution in [2.45, 2.75) is 59.4 Å². The molecule has 0 radical (unpaired) electrons. The van der Waals surface area contributed by atoms with Crippen molar-refractivity contribution in [3.63, 3.8) is 0 Å². The second-order valence-corrected chi connectivity index (χ2v) is 4.94. The first-order valence-electron chi connectivity index (χ1n) is 6.76. The predicted molar refractivity (Wildman–Crippen MR) is 77.0 cm³/mol. The van der Waals surface area contributed by atoms with E-state index >= 15 is 0 Å². The van der Waals surface area contributed by atoms with Crippen LogP contribution in [0.25, 0.3) is 0 Å². The first kappa shape index (κ1) is 16.8. The number of carbonyl (C=O) groups is 1. The first-order chi connectivity index (χ1) is 8.54. The van der Waals surface area contributed by atoms with Crippen molar-refractivity contribution in [2.75, 3.05) is 6.54 Å². The lowest BCUT2D eigenvalue weighted by Crippen LogP contribution is -2.23. The molecule has 0 saturated heterocycles. The van der Waals surface area contributed by atoms with Crippen LogP contribution < -0.4 is 5.32 Å². The van der Waals surface area contributed by atoms with E-state index in [-0.39, 0.29) is 5.92 Å². The average Bonchev–Trinajstić information content (AvgIpc) is 2.30. The van der Waals surface area contributed by atoms with E-state index in [0.29, 0.717) is 18.2 Å². The molecule has 0 aliphatic carbocycles. The zero-order valence-corrected chi connectivity index (χ0v) is 12.1. The van der Waals surface area contributed by atoms with Crippen molar-refractivity contribution < 1.29 is 4.79 Å². The summed E-state index contributed by atoms with van der Waals surface area (Å²) in [6.45, 7) is 9.02. The topological polar surface area (TPSA) is 29.1 Å². The summed E-state index contributed by atoms with van der Waals surface area (Å²) in [6.07, 6.45) is 3.08. The van der Waals surface area contributed by atoms with Crippen LogP contribution >= 0.6 is 0 Å². The molecule has 0 aromatic rings. The molecule has 100 valence electrons. The quantitative estimate of drug-likeness (QED) is 0.553. The Kier molecular flexibility index (Phi) is 10.1. The van der Waals surface area contributed by atoms with Gasteiger partial charge in [0.15, 0.2) is 0 Å². The van der Waals surface area contributed by atoms with Gasteiger partial charge in [0, 0.05) is 37.8 Å². The van der Waals surface area contributed by atoms with Crippen LogP contribution in [0.2, 0.25) is 0 Å². The summed E-state index contributed by atoms with van der Waals surface area (Å²) < 4.78 is 0. The maximum atomic E-state index is 11.3. The maximum absolute atomic E-state index is 11.3. The predicted octanol–water partition coefficient (Wildman–Crippen LogP) is 2.78. The molecule has 0 saturated carbocycles. The van der Waals surface area contributed by atoms with Gasteiger partial charge in [-0.15, -0.1) is 0 Å². The van der Waals surface area contributed by atoms with Crippen LogP contribution in [-0.4, -0.2) is 18.4 Å². The molecule has 0 aliphatic heterocycles. The third-order valence-electron chi connectivity index (χ3n) is 2.41. The number of hydrogen-bond donors (Lipinski definition) is 1. The van der Waals surface area contributed by atoms with Gasteiger partial charge in [0.25, 0.3) is 0 Å². The van der Waals surface area contributed by atoms with Gasteiger partial charge in [0.05, 0.1) is 0 Å². The Morgan fingerprint density at radius 3 is 2.22 bits per heavy atom. The van der Waals surface area contributed by atoms with Crippen molar-refractivity contribution in [3.8, 4) is 23.7 Å². The average molecular weight is 247 g/mol. The number of unbranched alkanes of at least 4 members (excludes halogenated alkanes) is 1. The molecular weight excluding hydrogens is 222 g/mol. The largest absolute Gasteiger partial charge is 0.314 e. The molecule has 0 fully saturated rings. The van der Waals surface area contributed by atoms with Crippen LogP contribution in [0.4, 0.5) is 0 Å². The number of carbonyl (C=O) groups excluding carboxylic acids is 1. The summed E-state index contributed by atoms with van der Waals surface area (Å²) in [7, 11) is 0. The van der Waals surface area contributed by atoms with E-state index in [4.69, 9.17) is 0 Å². The van der Waals surface area contributed by atoms with Crippen molar-refractivity contribution in [1.29, 1.82) is 0 Å². The Morgan fingerprint density at radius 2 is 1.67 bits per heavy atom. The van der Waals surface area contributed by atoms with Crippen molar-refractivity contribution in [2.24, 2.45) is 5.92 Å². The molecule has 0 aromatic carbocycles. The van der Waals surface area contributed by atoms with Gasteiger partial charge in [0.1, 0.15) is 5.78 Å². The van der Waals surface area contributed by atoms with Gasteiger partial charge in [-0.3, -0.25) is 4.79 Å². The molecule has 0 rings (SSSR count). The summed E-state index contributed by atoms with van der Waals surface area (Å²) in [5.74, 6) is 12.1. The fourth-order valence-electron chi connectivity index (χ4n) is 1.28. The third-order valence-corrected chi connectivity index (χ3v) is 2.41. The van der Waals surface area contributed by atoms with Gasteiger partial charge >= 0.3 is 0 Å². The van der Waals surface area contributed by atoms with Crippen LogP contribution in [0.5, 0.6) is 0 Å². The minimum atomic E-state index is 0.145. The van der Waals surface area contributed by atoms with Gasteiger partial charge in [-0.25, -0.2) is 0 Å². The Morgan fingerprint density at radius 1 is 1.06 bits per heavy atom. The lowest BCUT2D eigenvalue weighted by molar-refractivity contribution is -0.121. The first-order valence-corrected chi connectivity index (χ1v) is 6.76. The molecule has 1 N–H and O–H groups in total. The Bertz CT molecular complexity index is 347. The van der Waals surface area contributed by atoms with E-state index in [2.05, 4.69) is 42.8 Å². The molecule has 0 spiro atoms. The molecule has 0 atom stereocenters. The highest BCUT2D eigenvalue weighted by atomic mass is 16.1. The van der Waals surface area contributed by atoms with Gasteiger partial charge < -0.3 is 5.32 Å². The van der Waals surface area contributed by atoms with Crippen LogP contribution in [0, 0.1) is 29.6 Å². The molecule has 0 bridgehead atoms. The van der Waals surface area contributed by atoms with E-state index < -0.39 is 0 Å². The highest BCUT2D eigenvalue weighted by molar-refractivity contribution is 5.80. The molecule has 2 nitrogen and oxygen atoms in total. The molecule has 0 aromatic heterocycles.